The van der Waals surface area contributed by atoms with Crippen LogP contribution in [0.1, 0.15) is 74.5 Å². The standard InChI is InChI=1S/C23H38N4O4S/c1-14(2)24-21(28)19-13-15(3)20(17(5)16(19)4)25-22(29)27-11-9-18(10-12-27)26-32(30,31)23(6,7)8/h13-14,18,26H,9-12H2,1-8H3,(H,24,28)(H,25,29). The summed E-state index contributed by atoms with van der Waals surface area (Å²) in [6.07, 6.45) is 1.13. The molecule has 1 aliphatic rings. The zero-order valence-corrected chi connectivity index (χ0v) is 21.4. The summed E-state index contributed by atoms with van der Waals surface area (Å²) < 4.78 is 26.7. The maximum absolute atomic E-state index is 12.9. The van der Waals surface area contributed by atoms with E-state index in [1.54, 1.807) is 25.7 Å². The summed E-state index contributed by atoms with van der Waals surface area (Å²) in [4.78, 5) is 27.1. The molecule has 1 heterocycles. The van der Waals surface area contributed by atoms with Gasteiger partial charge in [-0.3, -0.25) is 4.79 Å². The van der Waals surface area contributed by atoms with Gasteiger partial charge in [-0.25, -0.2) is 17.9 Å². The third-order valence-electron chi connectivity index (χ3n) is 5.90. The monoisotopic (exact) mass is 466 g/mol. The Morgan fingerprint density at radius 3 is 2.12 bits per heavy atom. The van der Waals surface area contributed by atoms with Crippen LogP contribution < -0.4 is 15.4 Å². The first-order valence-corrected chi connectivity index (χ1v) is 12.6. The van der Waals surface area contributed by atoms with Crippen LogP contribution >= 0.6 is 0 Å². The van der Waals surface area contributed by atoms with Crippen LogP contribution in [0.4, 0.5) is 10.5 Å². The number of aryl methyl sites for hydroxylation is 1. The van der Waals surface area contributed by atoms with Gasteiger partial charge in [0.25, 0.3) is 5.91 Å². The van der Waals surface area contributed by atoms with Crippen LogP contribution in [0.5, 0.6) is 0 Å². The van der Waals surface area contributed by atoms with E-state index in [0.717, 1.165) is 16.7 Å². The molecule has 3 N–H and O–H groups in total. The number of likely N-dealkylation sites (tertiary alicyclic amines) is 1. The molecule has 0 aromatic heterocycles. The van der Waals surface area contributed by atoms with Crippen molar-refractivity contribution >= 4 is 27.6 Å². The van der Waals surface area contributed by atoms with Gasteiger partial charge in [0.1, 0.15) is 0 Å². The zero-order chi connectivity index (χ0) is 24.4. The smallest absolute Gasteiger partial charge is 0.321 e. The number of carbonyl (C=O) groups is 2. The van der Waals surface area contributed by atoms with Gasteiger partial charge in [-0.2, -0.15) is 0 Å². The molecule has 32 heavy (non-hydrogen) atoms. The number of carbonyl (C=O) groups excluding carboxylic acids is 2. The normalized spacial score (nSPS) is 15.7. The van der Waals surface area contributed by atoms with Crippen molar-refractivity contribution in [3.63, 3.8) is 0 Å². The van der Waals surface area contributed by atoms with Gasteiger partial charge in [0, 0.05) is 36.4 Å². The van der Waals surface area contributed by atoms with E-state index in [9.17, 15) is 18.0 Å². The highest BCUT2D eigenvalue weighted by Gasteiger charge is 2.33. The molecule has 3 amide bonds. The van der Waals surface area contributed by atoms with Gasteiger partial charge >= 0.3 is 6.03 Å². The number of anilines is 1. The molecule has 1 saturated heterocycles. The van der Waals surface area contributed by atoms with Crippen LogP contribution in [0.2, 0.25) is 0 Å². The Balaban J connectivity index is 2.06. The molecular weight excluding hydrogens is 428 g/mol. The van der Waals surface area contributed by atoms with Crippen LogP contribution in [0.3, 0.4) is 0 Å². The Labute approximate surface area is 192 Å². The second-order valence-corrected chi connectivity index (χ2v) is 12.4. The molecule has 9 heteroatoms. The fourth-order valence-corrected chi connectivity index (χ4v) is 4.66. The number of nitrogens with zero attached hydrogens (tertiary/aromatic N) is 1. The number of nitrogens with one attached hydrogen (secondary N) is 3. The third kappa shape index (κ3) is 6.01. The SMILES string of the molecule is Cc1cc(C(=O)NC(C)C)c(C)c(C)c1NC(=O)N1CCC(NS(=O)(=O)C(C)(C)C)CC1. The average molecular weight is 467 g/mol. The van der Waals surface area contributed by atoms with Crippen molar-refractivity contribution in [1.29, 1.82) is 0 Å². The van der Waals surface area contributed by atoms with Crippen LogP contribution in [0.15, 0.2) is 6.07 Å². The predicted molar refractivity (Wildman–Crippen MR) is 129 cm³/mol. The summed E-state index contributed by atoms with van der Waals surface area (Å²) in [5.74, 6) is -0.124. The van der Waals surface area contributed by atoms with Gasteiger partial charge in [0.15, 0.2) is 0 Å². The van der Waals surface area contributed by atoms with E-state index in [0.29, 0.717) is 37.2 Å². The Morgan fingerprint density at radius 1 is 1.06 bits per heavy atom. The van der Waals surface area contributed by atoms with Crippen LogP contribution in [-0.2, 0) is 10.0 Å². The summed E-state index contributed by atoms with van der Waals surface area (Å²) in [6.45, 7) is 15.4. The van der Waals surface area contributed by atoms with Crippen molar-refractivity contribution in [2.24, 2.45) is 0 Å². The van der Waals surface area contributed by atoms with E-state index < -0.39 is 14.8 Å². The van der Waals surface area contributed by atoms with Gasteiger partial charge in [0.2, 0.25) is 10.0 Å². The van der Waals surface area contributed by atoms with Crippen LogP contribution in [0, 0.1) is 20.8 Å². The minimum Gasteiger partial charge on any atom is -0.350 e. The number of piperidine rings is 1. The summed E-state index contributed by atoms with van der Waals surface area (Å²) in [5.41, 5.74) is 3.84. The number of hydrogen-bond donors (Lipinski definition) is 3. The van der Waals surface area contributed by atoms with Crippen molar-refractivity contribution in [3.05, 3.63) is 28.3 Å². The first kappa shape index (κ1) is 26.1. The Hall–Kier alpha value is -2.13. The summed E-state index contributed by atoms with van der Waals surface area (Å²) in [7, 11) is -3.42. The molecule has 1 fully saturated rings. The van der Waals surface area contributed by atoms with Gasteiger partial charge in [-0.05, 0) is 91.0 Å². The Bertz CT molecular complexity index is 973. The number of amides is 3. The van der Waals surface area contributed by atoms with E-state index in [4.69, 9.17) is 0 Å². The fourth-order valence-electron chi connectivity index (χ4n) is 3.63. The second-order valence-electron chi connectivity index (χ2n) is 9.92. The van der Waals surface area contributed by atoms with Crippen molar-refractivity contribution in [3.8, 4) is 0 Å². The maximum atomic E-state index is 12.9. The summed E-state index contributed by atoms with van der Waals surface area (Å²) >= 11 is 0. The average Bonchev–Trinajstić information content (AvgIpc) is 2.66. The van der Waals surface area contributed by atoms with Crippen molar-refractivity contribution in [2.45, 2.75) is 85.1 Å². The van der Waals surface area contributed by atoms with E-state index >= 15 is 0 Å². The van der Waals surface area contributed by atoms with E-state index in [1.165, 1.54) is 0 Å². The molecule has 0 spiro atoms. The Kier molecular flexibility index (Phi) is 7.99. The van der Waals surface area contributed by atoms with Crippen LogP contribution in [0.25, 0.3) is 0 Å². The molecule has 8 nitrogen and oxygen atoms in total. The minimum absolute atomic E-state index is 0.0395. The fraction of sp³-hybridized carbons (Fsp3) is 0.652. The minimum atomic E-state index is -3.42. The van der Waals surface area contributed by atoms with E-state index in [2.05, 4.69) is 15.4 Å². The predicted octanol–water partition coefficient (Wildman–Crippen LogP) is 3.46. The summed E-state index contributed by atoms with van der Waals surface area (Å²) in [6, 6.07) is 1.46. The molecule has 1 aliphatic heterocycles. The molecule has 0 aliphatic carbocycles. The molecule has 0 bridgehead atoms. The number of urea groups is 1. The van der Waals surface area contributed by atoms with Gasteiger partial charge in [0.05, 0.1) is 4.75 Å². The maximum Gasteiger partial charge on any atom is 0.321 e. The molecule has 180 valence electrons. The largest absolute Gasteiger partial charge is 0.350 e. The molecule has 0 saturated carbocycles. The highest BCUT2D eigenvalue weighted by atomic mass is 32.2. The Morgan fingerprint density at radius 2 is 1.62 bits per heavy atom. The number of hydrogen-bond acceptors (Lipinski definition) is 4. The highest BCUT2D eigenvalue weighted by Crippen LogP contribution is 2.28. The number of rotatable bonds is 5. The molecule has 0 unspecified atom stereocenters. The van der Waals surface area contributed by atoms with E-state index in [-0.39, 0.29) is 24.0 Å². The van der Waals surface area contributed by atoms with Crippen molar-refractivity contribution in [2.75, 3.05) is 18.4 Å². The van der Waals surface area contributed by atoms with Crippen molar-refractivity contribution < 1.29 is 18.0 Å². The van der Waals surface area contributed by atoms with Gasteiger partial charge < -0.3 is 15.5 Å². The lowest BCUT2D eigenvalue weighted by molar-refractivity contribution is 0.0942. The number of sulfonamides is 1. The molecular formula is C23H38N4O4S. The lowest BCUT2D eigenvalue weighted by Crippen LogP contribution is -2.50. The molecule has 2 rings (SSSR count). The van der Waals surface area contributed by atoms with Gasteiger partial charge in [-0.1, -0.05) is 0 Å². The topological polar surface area (TPSA) is 108 Å². The molecule has 1 aromatic carbocycles. The molecule has 0 radical (unpaired) electrons. The lowest BCUT2D eigenvalue weighted by Gasteiger charge is -2.34. The van der Waals surface area contributed by atoms with Gasteiger partial charge in [-0.15, -0.1) is 0 Å². The first-order valence-electron chi connectivity index (χ1n) is 11.1. The number of benzene rings is 1. The van der Waals surface area contributed by atoms with Crippen LogP contribution in [-0.4, -0.2) is 55.2 Å². The lowest BCUT2D eigenvalue weighted by atomic mass is 9.96. The summed E-state index contributed by atoms with van der Waals surface area (Å²) in [5, 5.41) is 5.91. The van der Waals surface area contributed by atoms with Crippen molar-refractivity contribution in [1.82, 2.24) is 14.9 Å². The zero-order valence-electron chi connectivity index (χ0n) is 20.5. The molecule has 1 aromatic rings. The second kappa shape index (κ2) is 9.79. The quantitative estimate of drug-likeness (QED) is 0.617. The first-order chi connectivity index (χ1) is 14.6. The highest BCUT2D eigenvalue weighted by molar-refractivity contribution is 7.90. The van der Waals surface area contributed by atoms with E-state index in [1.807, 2.05) is 40.7 Å². The molecule has 0 atom stereocenters. The third-order valence-corrected chi connectivity index (χ3v) is 8.16.